The molecule has 0 saturated carbocycles. The smallest absolute Gasteiger partial charge is 0.0476 e. The van der Waals surface area contributed by atoms with Crippen molar-refractivity contribution in [2.75, 3.05) is 0 Å². The summed E-state index contributed by atoms with van der Waals surface area (Å²) in [6.45, 7) is 7.06. The zero-order valence-electron chi connectivity index (χ0n) is 16.9. The zero-order chi connectivity index (χ0) is 17.0. The van der Waals surface area contributed by atoms with E-state index in [2.05, 4.69) is 20.8 Å². The molecule has 0 rings (SSSR count). The third-order valence-electron chi connectivity index (χ3n) is 5.27. The maximum absolute atomic E-state index is 2.45. The molecule has 0 aromatic carbocycles. The molecule has 0 aromatic heterocycles. The van der Waals surface area contributed by atoms with Crippen molar-refractivity contribution in [3.05, 3.63) is 0 Å². The lowest BCUT2D eigenvalue weighted by Gasteiger charge is -2.12. The molecule has 0 aliphatic rings. The van der Waals surface area contributed by atoms with Crippen LogP contribution in [0, 0.1) is 0 Å². The van der Waals surface area contributed by atoms with E-state index in [1.807, 2.05) is 0 Å². The lowest BCUT2D eigenvalue weighted by molar-refractivity contribution is 0.580. The lowest BCUT2D eigenvalue weighted by atomic mass is 10.1. The molecule has 1 heteroatoms. The molecule has 0 aliphatic heterocycles. The minimum atomic E-state index is 0.0141. The normalized spacial score (nSPS) is 11.5. The lowest BCUT2D eigenvalue weighted by Crippen LogP contribution is -2.10. The van der Waals surface area contributed by atoms with Crippen LogP contribution in [0.2, 0.25) is 18.1 Å². The van der Waals surface area contributed by atoms with Gasteiger partial charge in [0.2, 0.25) is 0 Å². The number of hydrogen-bond donors (Lipinski definition) is 0. The molecule has 0 nitrogen and oxygen atoms in total. The van der Waals surface area contributed by atoms with Crippen molar-refractivity contribution < 1.29 is 0 Å². The van der Waals surface area contributed by atoms with Gasteiger partial charge in [-0.1, -0.05) is 142 Å². The minimum Gasteiger partial charge on any atom is -0.0680 e. The summed E-state index contributed by atoms with van der Waals surface area (Å²) in [6, 6.07) is 4.72. The molecule has 139 valence electrons. The van der Waals surface area contributed by atoms with Gasteiger partial charge in [0.1, 0.15) is 0 Å². The van der Waals surface area contributed by atoms with Crippen LogP contribution in [0.15, 0.2) is 0 Å². The maximum Gasteiger partial charge on any atom is 0.0476 e. The first kappa shape index (κ1) is 23.2. The summed E-state index contributed by atoms with van der Waals surface area (Å²) >= 11 is 0. The predicted octanol–water partition coefficient (Wildman–Crippen LogP) is 8.78. The van der Waals surface area contributed by atoms with E-state index in [-0.39, 0.29) is 8.80 Å². The van der Waals surface area contributed by atoms with Crippen molar-refractivity contribution in [2.45, 2.75) is 142 Å². The Hall–Kier alpha value is 0.217. The Balaban J connectivity index is 3.29. The molecule has 0 amide bonds. The minimum absolute atomic E-state index is 0.0141. The van der Waals surface area contributed by atoms with Gasteiger partial charge in [-0.2, -0.15) is 0 Å². The van der Waals surface area contributed by atoms with Crippen LogP contribution in [0.1, 0.15) is 124 Å². The van der Waals surface area contributed by atoms with Crippen molar-refractivity contribution in [1.29, 1.82) is 0 Å². The van der Waals surface area contributed by atoms with Gasteiger partial charge in [-0.05, 0) is 0 Å². The van der Waals surface area contributed by atoms with Gasteiger partial charge in [-0.15, -0.1) is 0 Å². The fourth-order valence-corrected chi connectivity index (χ4v) is 5.95. The zero-order valence-corrected chi connectivity index (χ0v) is 17.9. The Bertz CT molecular complexity index is 182. The molecule has 1 radical (unpaired) electrons. The molecule has 0 fully saturated rings. The summed E-state index contributed by atoms with van der Waals surface area (Å²) in [5, 5.41) is 0. The van der Waals surface area contributed by atoms with Crippen LogP contribution in [0.5, 0.6) is 0 Å². The van der Waals surface area contributed by atoms with Gasteiger partial charge in [0.25, 0.3) is 0 Å². The number of rotatable bonds is 19. The van der Waals surface area contributed by atoms with E-state index < -0.39 is 0 Å². The molecule has 0 N–H and O–H groups in total. The number of unbranched alkanes of at least 4 members (excludes halogenated alkanes) is 14. The van der Waals surface area contributed by atoms with Crippen LogP contribution < -0.4 is 0 Å². The first-order chi connectivity index (χ1) is 11.3. The Morgan fingerprint density at radius 1 is 0.391 bits per heavy atom. The van der Waals surface area contributed by atoms with E-state index >= 15 is 0 Å². The Kier molecular flexibility index (Phi) is 20.5. The van der Waals surface area contributed by atoms with Crippen LogP contribution in [-0.2, 0) is 0 Å². The highest BCUT2D eigenvalue weighted by Crippen LogP contribution is 2.17. The second-order valence-electron chi connectivity index (χ2n) is 7.55. The first-order valence-electron chi connectivity index (χ1n) is 11.2. The van der Waals surface area contributed by atoms with Gasteiger partial charge >= 0.3 is 0 Å². The van der Waals surface area contributed by atoms with Gasteiger partial charge in [-0.25, -0.2) is 0 Å². The average molecular weight is 340 g/mol. The van der Waals surface area contributed by atoms with E-state index in [4.69, 9.17) is 0 Å². The molecule has 0 spiro atoms. The fourth-order valence-electron chi connectivity index (χ4n) is 3.50. The second kappa shape index (κ2) is 20.3. The predicted molar refractivity (Wildman–Crippen MR) is 111 cm³/mol. The summed E-state index contributed by atoms with van der Waals surface area (Å²) in [7, 11) is 0.0141. The summed E-state index contributed by atoms with van der Waals surface area (Å²) in [5.41, 5.74) is 0. The molecule has 0 aromatic rings. The largest absolute Gasteiger partial charge is 0.0680 e. The monoisotopic (exact) mass is 339 g/mol. The molecule has 0 bridgehead atoms. The number of hydrogen-bond acceptors (Lipinski definition) is 0. The van der Waals surface area contributed by atoms with Crippen LogP contribution >= 0.6 is 0 Å². The summed E-state index contributed by atoms with van der Waals surface area (Å²) < 4.78 is 0. The quantitative estimate of drug-likeness (QED) is 0.163. The molecule has 0 unspecified atom stereocenters. The fraction of sp³-hybridized carbons (Fsp3) is 1.00. The summed E-state index contributed by atoms with van der Waals surface area (Å²) in [6.07, 6.45) is 23.6. The highest BCUT2D eigenvalue weighted by molar-refractivity contribution is 6.58. The van der Waals surface area contributed by atoms with E-state index in [9.17, 15) is 0 Å². The maximum atomic E-state index is 2.45. The molecule has 23 heavy (non-hydrogen) atoms. The highest BCUT2D eigenvalue weighted by atomic mass is 28.3. The van der Waals surface area contributed by atoms with Crippen molar-refractivity contribution >= 4 is 8.80 Å². The van der Waals surface area contributed by atoms with Crippen LogP contribution in [0.4, 0.5) is 0 Å². The standard InChI is InChI=1S/C22H47Si/c1-4-7-9-11-13-15-17-19-21-23(6-3)22-20-18-16-14-12-10-8-5-2/h4-22H2,1-3H3. The molecule has 0 atom stereocenters. The van der Waals surface area contributed by atoms with E-state index in [0.29, 0.717) is 0 Å². The highest BCUT2D eigenvalue weighted by Gasteiger charge is 2.07. The van der Waals surface area contributed by atoms with Crippen molar-refractivity contribution in [3.8, 4) is 0 Å². The van der Waals surface area contributed by atoms with Crippen molar-refractivity contribution in [1.82, 2.24) is 0 Å². The third kappa shape index (κ3) is 18.4. The van der Waals surface area contributed by atoms with E-state index in [0.717, 1.165) is 0 Å². The van der Waals surface area contributed by atoms with Crippen LogP contribution in [0.25, 0.3) is 0 Å². The van der Waals surface area contributed by atoms with Crippen LogP contribution in [-0.4, -0.2) is 8.80 Å². The molecule has 0 heterocycles. The van der Waals surface area contributed by atoms with Crippen molar-refractivity contribution in [3.63, 3.8) is 0 Å². The Labute approximate surface area is 150 Å². The van der Waals surface area contributed by atoms with E-state index in [1.165, 1.54) is 109 Å². The Morgan fingerprint density at radius 3 is 1.00 bits per heavy atom. The van der Waals surface area contributed by atoms with Crippen molar-refractivity contribution in [2.24, 2.45) is 0 Å². The summed E-state index contributed by atoms with van der Waals surface area (Å²) in [5.74, 6) is 0. The second-order valence-corrected chi connectivity index (χ2v) is 10.8. The Morgan fingerprint density at radius 2 is 0.696 bits per heavy atom. The van der Waals surface area contributed by atoms with Gasteiger partial charge in [-0.3, -0.25) is 0 Å². The molecule has 0 saturated heterocycles. The molecular formula is C22H47Si. The van der Waals surface area contributed by atoms with Crippen LogP contribution in [0.3, 0.4) is 0 Å². The molecular weight excluding hydrogens is 292 g/mol. The first-order valence-corrected chi connectivity index (χ1v) is 13.3. The molecule has 0 aliphatic carbocycles. The van der Waals surface area contributed by atoms with Gasteiger partial charge in [0.05, 0.1) is 0 Å². The topological polar surface area (TPSA) is 0 Å². The third-order valence-corrected chi connectivity index (χ3v) is 8.39. The van der Waals surface area contributed by atoms with Gasteiger partial charge in [0.15, 0.2) is 0 Å². The van der Waals surface area contributed by atoms with E-state index in [1.54, 1.807) is 12.1 Å². The summed E-state index contributed by atoms with van der Waals surface area (Å²) in [4.78, 5) is 0. The van der Waals surface area contributed by atoms with Gasteiger partial charge in [0, 0.05) is 8.80 Å². The van der Waals surface area contributed by atoms with Gasteiger partial charge < -0.3 is 0 Å². The SMILES string of the molecule is CCCCCCCCCC[Si](CC)CCCCCCCCCC. The average Bonchev–Trinajstić information content (AvgIpc) is 2.57.